The Morgan fingerprint density at radius 1 is 1.82 bits per heavy atom. The van der Waals surface area contributed by atoms with Gasteiger partial charge in [-0.1, -0.05) is 12.1 Å². The van der Waals surface area contributed by atoms with Gasteiger partial charge in [0.1, 0.15) is 0 Å². The Morgan fingerprint density at radius 3 is 3.18 bits per heavy atom. The van der Waals surface area contributed by atoms with Crippen molar-refractivity contribution in [2.45, 2.75) is 13.3 Å². The van der Waals surface area contributed by atoms with E-state index in [0.717, 1.165) is 6.42 Å². The summed E-state index contributed by atoms with van der Waals surface area (Å²) in [4.78, 5) is 11.0. The Labute approximate surface area is 64.6 Å². The molecule has 1 amide bonds. The molecule has 0 saturated carbocycles. The molecule has 1 N–H and O–H groups in total. The maximum absolute atomic E-state index is 11.0. The number of aromatic nitrogens is 1. The first-order valence-corrected chi connectivity index (χ1v) is 3.53. The highest BCUT2D eigenvalue weighted by molar-refractivity contribution is 5.91. The summed E-state index contributed by atoms with van der Waals surface area (Å²) in [6.07, 6.45) is 2.36. The molecule has 4 heteroatoms. The van der Waals surface area contributed by atoms with Gasteiger partial charge in [0, 0.05) is 12.6 Å². The van der Waals surface area contributed by atoms with Crippen molar-refractivity contribution in [1.29, 1.82) is 0 Å². The summed E-state index contributed by atoms with van der Waals surface area (Å²) >= 11 is 0. The number of rotatable bonds is 3. The maximum Gasteiger partial charge on any atom is 0.289 e. The van der Waals surface area contributed by atoms with Gasteiger partial charge in [0.25, 0.3) is 5.91 Å². The third-order valence-corrected chi connectivity index (χ3v) is 1.20. The topological polar surface area (TPSA) is 55.1 Å². The Kier molecular flexibility index (Phi) is 2.66. The van der Waals surface area contributed by atoms with Gasteiger partial charge in [-0.05, 0) is 6.42 Å². The summed E-state index contributed by atoms with van der Waals surface area (Å²) < 4.78 is 4.63. The van der Waals surface area contributed by atoms with Crippen molar-refractivity contribution in [3.8, 4) is 0 Å². The van der Waals surface area contributed by atoms with Crippen LogP contribution in [0.5, 0.6) is 0 Å². The lowest BCUT2D eigenvalue weighted by Crippen LogP contribution is -2.23. The van der Waals surface area contributed by atoms with E-state index in [1.54, 1.807) is 0 Å². The van der Waals surface area contributed by atoms with Gasteiger partial charge in [-0.15, -0.1) is 0 Å². The highest BCUT2D eigenvalue weighted by Gasteiger charge is 2.06. The molecule has 4 nitrogen and oxygen atoms in total. The molecule has 0 aliphatic carbocycles. The summed E-state index contributed by atoms with van der Waals surface area (Å²) in [5.74, 6) is 0.0581. The quantitative estimate of drug-likeness (QED) is 0.701. The zero-order chi connectivity index (χ0) is 8.10. The van der Waals surface area contributed by atoms with Gasteiger partial charge in [-0.3, -0.25) is 4.79 Å². The summed E-state index contributed by atoms with van der Waals surface area (Å²) in [5.41, 5.74) is 0. The lowest BCUT2D eigenvalue weighted by atomic mass is 10.4. The predicted octanol–water partition coefficient (Wildman–Crippen LogP) is 0.814. The van der Waals surface area contributed by atoms with Crippen LogP contribution in [0.3, 0.4) is 0 Å². The fraction of sp³-hybridized carbons (Fsp3) is 0.429. The summed E-state index contributed by atoms with van der Waals surface area (Å²) in [5, 5.41) is 6.08. The number of hydrogen-bond acceptors (Lipinski definition) is 3. The molecule has 0 atom stereocenters. The molecule has 0 unspecified atom stereocenters. The largest absolute Gasteiger partial charge is 0.351 e. The summed E-state index contributed by atoms with van der Waals surface area (Å²) in [7, 11) is 0. The van der Waals surface area contributed by atoms with E-state index in [4.69, 9.17) is 0 Å². The van der Waals surface area contributed by atoms with Crippen LogP contribution in [-0.4, -0.2) is 17.6 Å². The molecule has 11 heavy (non-hydrogen) atoms. The number of carbonyl (C=O) groups excluding carboxylic acids is 1. The molecule has 1 heterocycles. The number of hydrogen-bond donors (Lipinski definition) is 1. The van der Waals surface area contributed by atoms with Gasteiger partial charge in [0.15, 0.2) is 0 Å². The van der Waals surface area contributed by atoms with E-state index < -0.39 is 0 Å². The number of carbonyl (C=O) groups is 1. The number of nitrogens with zero attached hydrogens (tertiary/aromatic N) is 1. The molecule has 0 aliphatic rings. The minimum Gasteiger partial charge on any atom is -0.351 e. The highest BCUT2D eigenvalue weighted by atomic mass is 16.5. The van der Waals surface area contributed by atoms with Gasteiger partial charge in [-0.25, -0.2) is 0 Å². The Hall–Kier alpha value is -1.32. The van der Waals surface area contributed by atoms with Crippen LogP contribution in [-0.2, 0) is 0 Å². The molecule has 0 aromatic carbocycles. The van der Waals surface area contributed by atoms with E-state index in [0.29, 0.717) is 6.54 Å². The molecule has 0 aliphatic heterocycles. The average Bonchev–Trinajstić information content (AvgIpc) is 2.52. The molecule has 1 aromatic heterocycles. The second-order valence-corrected chi connectivity index (χ2v) is 2.13. The average molecular weight is 154 g/mol. The fourth-order valence-corrected chi connectivity index (χ4v) is 0.659. The van der Waals surface area contributed by atoms with Crippen LogP contribution in [0.15, 0.2) is 16.8 Å². The van der Waals surface area contributed by atoms with E-state index in [2.05, 4.69) is 15.0 Å². The third kappa shape index (κ3) is 2.07. The van der Waals surface area contributed by atoms with E-state index in [9.17, 15) is 4.79 Å². The van der Waals surface area contributed by atoms with Crippen LogP contribution in [0.25, 0.3) is 0 Å². The smallest absolute Gasteiger partial charge is 0.289 e. The summed E-state index contributed by atoms with van der Waals surface area (Å²) in [6.45, 7) is 2.65. The minimum absolute atomic E-state index is 0.204. The third-order valence-electron chi connectivity index (χ3n) is 1.20. The van der Waals surface area contributed by atoms with Crippen LogP contribution < -0.4 is 5.32 Å². The van der Waals surface area contributed by atoms with Gasteiger partial charge >= 0.3 is 0 Å². The highest BCUT2D eigenvalue weighted by Crippen LogP contribution is 1.94. The van der Waals surface area contributed by atoms with Crippen LogP contribution in [0.2, 0.25) is 0 Å². The van der Waals surface area contributed by atoms with Crippen molar-refractivity contribution in [3.05, 3.63) is 18.0 Å². The van der Waals surface area contributed by atoms with E-state index >= 15 is 0 Å². The van der Waals surface area contributed by atoms with Gasteiger partial charge < -0.3 is 9.84 Å². The first-order chi connectivity index (χ1) is 5.34. The van der Waals surface area contributed by atoms with E-state index in [1.165, 1.54) is 12.3 Å². The van der Waals surface area contributed by atoms with Crippen LogP contribution in [0, 0.1) is 0 Å². The second kappa shape index (κ2) is 3.75. The van der Waals surface area contributed by atoms with Gasteiger partial charge in [0.05, 0.1) is 6.20 Å². The lowest BCUT2D eigenvalue weighted by Gasteiger charge is -1.97. The molecule has 0 bridgehead atoms. The standard InChI is InChI=1S/C7H10N2O2/c1-2-4-8-7(10)6-3-5-9-11-6/h3,5H,2,4H2,1H3,(H,8,10). The Balaban J connectivity index is 2.43. The molecule has 0 fully saturated rings. The van der Waals surface area contributed by atoms with Crippen molar-refractivity contribution in [2.75, 3.05) is 6.54 Å². The predicted molar refractivity (Wildman–Crippen MR) is 39.1 cm³/mol. The molecule has 1 aromatic rings. The molecule has 0 saturated heterocycles. The van der Waals surface area contributed by atoms with E-state index in [-0.39, 0.29) is 11.7 Å². The number of nitrogens with one attached hydrogen (secondary N) is 1. The number of amides is 1. The molecule has 60 valence electrons. The Bertz CT molecular complexity index is 218. The molecular weight excluding hydrogens is 144 g/mol. The second-order valence-electron chi connectivity index (χ2n) is 2.13. The van der Waals surface area contributed by atoms with Crippen LogP contribution in [0.4, 0.5) is 0 Å². The Morgan fingerprint density at radius 2 is 2.64 bits per heavy atom. The van der Waals surface area contributed by atoms with Gasteiger partial charge in [0.2, 0.25) is 5.76 Å². The van der Waals surface area contributed by atoms with Gasteiger partial charge in [-0.2, -0.15) is 0 Å². The minimum atomic E-state index is -0.204. The SMILES string of the molecule is CCCNC(=O)c1ccno1. The first-order valence-electron chi connectivity index (χ1n) is 3.53. The molecule has 1 rings (SSSR count). The monoisotopic (exact) mass is 154 g/mol. The molecule has 0 radical (unpaired) electrons. The summed E-state index contributed by atoms with van der Waals surface area (Å²) in [6, 6.07) is 1.53. The normalized spacial score (nSPS) is 9.55. The molecular formula is C7H10N2O2. The zero-order valence-electron chi connectivity index (χ0n) is 6.33. The molecule has 0 spiro atoms. The van der Waals surface area contributed by atoms with E-state index in [1.807, 2.05) is 6.92 Å². The van der Waals surface area contributed by atoms with Crippen molar-refractivity contribution in [3.63, 3.8) is 0 Å². The van der Waals surface area contributed by atoms with Crippen molar-refractivity contribution in [2.24, 2.45) is 0 Å². The van der Waals surface area contributed by atoms with Crippen molar-refractivity contribution in [1.82, 2.24) is 10.5 Å². The first kappa shape index (κ1) is 7.78. The van der Waals surface area contributed by atoms with Crippen LogP contribution in [0.1, 0.15) is 23.9 Å². The maximum atomic E-state index is 11.0. The van der Waals surface area contributed by atoms with Crippen LogP contribution >= 0.6 is 0 Å². The fourth-order valence-electron chi connectivity index (χ4n) is 0.659. The van der Waals surface area contributed by atoms with Crippen molar-refractivity contribution < 1.29 is 9.32 Å². The zero-order valence-corrected chi connectivity index (χ0v) is 6.33. The van der Waals surface area contributed by atoms with Crippen molar-refractivity contribution >= 4 is 5.91 Å². The lowest BCUT2D eigenvalue weighted by molar-refractivity contribution is 0.0917.